The number of rotatable bonds is 1. The summed E-state index contributed by atoms with van der Waals surface area (Å²) >= 11 is 0. The van der Waals surface area contributed by atoms with E-state index in [4.69, 9.17) is 0 Å². The fourth-order valence-corrected chi connectivity index (χ4v) is 1.26. The van der Waals surface area contributed by atoms with Crippen molar-refractivity contribution in [1.82, 2.24) is 4.98 Å². The Kier molecular flexibility index (Phi) is 1.77. The molecule has 1 amide bonds. The van der Waals surface area contributed by atoms with Crippen LogP contribution in [-0.2, 0) is 4.79 Å². The molecule has 0 saturated heterocycles. The van der Waals surface area contributed by atoms with Gasteiger partial charge in [-0.2, -0.15) is 0 Å². The molecule has 3 heteroatoms. The van der Waals surface area contributed by atoms with E-state index in [0.29, 0.717) is 0 Å². The van der Waals surface area contributed by atoms with E-state index in [0.717, 1.165) is 16.6 Å². The number of nitrogens with one attached hydrogen (secondary N) is 2. The highest BCUT2D eigenvalue weighted by Gasteiger charge is 1.98. The van der Waals surface area contributed by atoms with Gasteiger partial charge in [0.1, 0.15) is 0 Å². The molecule has 1 radical (unpaired) electrons. The predicted octanol–water partition coefficient (Wildman–Crippen LogP) is 1.93. The van der Waals surface area contributed by atoms with Gasteiger partial charge in [-0.05, 0) is 18.2 Å². The van der Waals surface area contributed by atoms with E-state index >= 15 is 0 Å². The molecule has 1 aromatic carbocycles. The van der Waals surface area contributed by atoms with Crippen LogP contribution in [0.3, 0.4) is 0 Å². The molecule has 0 unspecified atom stereocenters. The monoisotopic (exact) mass is 173 g/mol. The van der Waals surface area contributed by atoms with Crippen LogP contribution in [0.25, 0.3) is 10.9 Å². The second kappa shape index (κ2) is 2.94. The Bertz CT molecular complexity index is 445. The van der Waals surface area contributed by atoms with E-state index in [1.807, 2.05) is 18.2 Å². The summed E-state index contributed by atoms with van der Waals surface area (Å²) in [4.78, 5) is 13.8. The largest absolute Gasteiger partial charge is 0.361 e. The second-order valence-electron chi connectivity index (χ2n) is 2.87. The quantitative estimate of drug-likeness (QED) is 0.680. The van der Waals surface area contributed by atoms with Crippen molar-refractivity contribution < 1.29 is 4.79 Å². The van der Waals surface area contributed by atoms with Crippen molar-refractivity contribution in [2.75, 3.05) is 5.32 Å². The van der Waals surface area contributed by atoms with Crippen LogP contribution in [0.15, 0.2) is 24.4 Å². The Morgan fingerprint density at radius 1 is 1.54 bits per heavy atom. The normalized spacial score (nSPS) is 10.2. The molecule has 2 N–H and O–H groups in total. The summed E-state index contributed by atoms with van der Waals surface area (Å²) in [6.07, 6.45) is 1.75. The second-order valence-corrected chi connectivity index (χ2v) is 2.87. The molecule has 2 rings (SSSR count). The zero-order valence-corrected chi connectivity index (χ0v) is 7.22. The zero-order chi connectivity index (χ0) is 9.26. The molecular formula is C10H9N2O. The third kappa shape index (κ3) is 1.54. The topological polar surface area (TPSA) is 44.9 Å². The maximum absolute atomic E-state index is 10.8. The summed E-state index contributed by atoms with van der Waals surface area (Å²) in [5, 5.41) is 3.69. The smallest absolute Gasteiger partial charge is 0.221 e. The Balaban J connectivity index is 2.42. The fourth-order valence-electron chi connectivity index (χ4n) is 1.26. The summed E-state index contributed by atoms with van der Waals surface area (Å²) in [5.41, 5.74) is 1.82. The van der Waals surface area contributed by atoms with Crippen LogP contribution < -0.4 is 5.32 Å². The van der Waals surface area contributed by atoms with Crippen LogP contribution in [0.2, 0.25) is 0 Å². The van der Waals surface area contributed by atoms with Crippen LogP contribution in [-0.4, -0.2) is 10.9 Å². The molecule has 0 aliphatic heterocycles. The molecule has 2 aromatic rings. The molecule has 0 bridgehead atoms. The van der Waals surface area contributed by atoms with Gasteiger partial charge in [0, 0.05) is 35.8 Å². The molecule has 1 aromatic heterocycles. The molecule has 0 saturated carbocycles. The van der Waals surface area contributed by atoms with Gasteiger partial charge in [0.2, 0.25) is 5.91 Å². The number of benzene rings is 1. The summed E-state index contributed by atoms with van der Waals surface area (Å²) in [7, 11) is 0. The number of amides is 1. The van der Waals surface area contributed by atoms with E-state index in [9.17, 15) is 4.79 Å². The number of fused-ring (bicyclic) bond motifs is 1. The number of H-pyrrole nitrogens is 1. The van der Waals surface area contributed by atoms with Crippen molar-refractivity contribution in [3.8, 4) is 0 Å². The van der Waals surface area contributed by atoms with Crippen molar-refractivity contribution in [3.63, 3.8) is 0 Å². The van der Waals surface area contributed by atoms with Crippen molar-refractivity contribution in [3.05, 3.63) is 30.5 Å². The lowest BCUT2D eigenvalue weighted by molar-refractivity contribution is -0.114. The lowest BCUT2D eigenvalue weighted by atomic mass is 10.2. The Hall–Kier alpha value is -1.77. The highest BCUT2D eigenvalue weighted by atomic mass is 16.1. The van der Waals surface area contributed by atoms with Gasteiger partial charge in [-0.25, -0.2) is 0 Å². The minimum Gasteiger partial charge on any atom is -0.361 e. The molecule has 0 aliphatic rings. The van der Waals surface area contributed by atoms with Crippen LogP contribution in [0.1, 0.15) is 6.92 Å². The van der Waals surface area contributed by atoms with E-state index in [2.05, 4.69) is 16.4 Å². The SMILES string of the molecule is CC(=O)Nc1ccc2[nH]c[c]c2c1. The van der Waals surface area contributed by atoms with Crippen LogP contribution in [0.4, 0.5) is 5.69 Å². The van der Waals surface area contributed by atoms with Crippen molar-refractivity contribution >= 4 is 22.5 Å². The third-order valence-electron chi connectivity index (χ3n) is 1.80. The highest BCUT2D eigenvalue weighted by Crippen LogP contribution is 2.16. The molecular weight excluding hydrogens is 164 g/mol. The van der Waals surface area contributed by atoms with Crippen molar-refractivity contribution in [2.24, 2.45) is 0 Å². The Labute approximate surface area is 75.8 Å². The van der Waals surface area contributed by atoms with Gasteiger partial charge in [0.05, 0.1) is 0 Å². The van der Waals surface area contributed by atoms with E-state index < -0.39 is 0 Å². The lowest BCUT2D eigenvalue weighted by Gasteiger charge is -2.00. The number of aromatic amines is 1. The van der Waals surface area contributed by atoms with Gasteiger partial charge >= 0.3 is 0 Å². The molecule has 0 spiro atoms. The zero-order valence-electron chi connectivity index (χ0n) is 7.22. The van der Waals surface area contributed by atoms with Crippen LogP contribution in [0.5, 0.6) is 0 Å². The average Bonchev–Trinajstić information content (AvgIpc) is 2.49. The minimum absolute atomic E-state index is 0.0603. The number of hydrogen-bond acceptors (Lipinski definition) is 1. The van der Waals surface area contributed by atoms with Gasteiger partial charge in [0.15, 0.2) is 0 Å². The summed E-state index contributed by atoms with van der Waals surface area (Å²) in [6.45, 7) is 1.49. The van der Waals surface area contributed by atoms with Gasteiger partial charge in [-0.1, -0.05) is 0 Å². The number of aromatic nitrogens is 1. The van der Waals surface area contributed by atoms with Gasteiger partial charge in [0.25, 0.3) is 0 Å². The Morgan fingerprint density at radius 2 is 2.38 bits per heavy atom. The molecule has 0 atom stereocenters. The summed E-state index contributed by atoms with van der Waals surface area (Å²) < 4.78 is 0. The molecule has 3 nitrogen and oxygen atoms in total. The standard InChI is InChI=1S/C10H9N2O/c1-7(13)12-9-2-3-10-8(6-9)4-5-11-10/h2-3,5-6,11H,1H3,(H,12,13). The van der Waals surface area contributed by atoms with E-state index in [1.165, 1.54) is 6.92 Å². The van der Waals surface area contributed by atoms with E-state index in [1.54, 1.807) is 6.20 Å². The third-order valence-corrected chi connectivity index (χ3v) is 1.80. The lowest BCUT2D eigenvalue weighted by Crippen LogP contribution is -2.05. The first-order chi connectivity index (χ1) is 6.25. The number of carbonyl (C=O) groups is 1. The fraction of sp³-hybridized carbons (Fsp3) is 0.100. The molecule has 65 valence electrons. The number of anilines is 1. The van der Waals surface area contributed by atoms with Gasteiger partial charge in [-0.15, -0.1) is 0 Å². The molecule has 13 heavy (non-hydrogen) atoms. The average molecular weight is 173 g/mol. The minimum atomic E-state index is -0.0603. The summed E-state index contributed by atoms with van der Waals surface area (Å²) in [6, 6.07) is 8.68. The molecule has 1 heterocycles. The number of carbonyl (C=O) groups excluding carboxylic acids is 1. The van der Waals surface area contributed by atoms with Crippen molar-refractivity contribution in [1.29, 1.82) is 0 Å². The number of hydrogen-bond donors (Lipinski definition) is 2. The first kappa shape index (κ1) is 7.86. The van der Waals surface area contributed by atoms with Gasteiger partial charge in [-0.3, -0.25) is 4.79 Å². The highest BCUT2D eigenvalue weighted by molar-refractivity contribution is 5.92. The van der Waals surface area contributed by atoms with Gasteiger partial charge < -0.3 is 10.3 Å². The molecule has 0 aliphatic carbocycles. The first-order valence-corrected chi connectivity index (χ1v) is 4.02. The predicted molar refractivity (Wildman–Crippen MR) is 51.4 cm³/mol. The van der Waals surface area contributed by atoms with Crippen LogP contribution in [0, 0.1) is 6.07 Å². The van der Waals surface area contributed by atoms with Crippen LogP contribution >= 0.6 is 0 Å². The molecule has 0 fully saturated rings. The summed E-state index contributed by atoms with van der Waals surface area (Å²) in [5.74, 6) is -0.0603. The maximum Gasteiger partial charge on any atom is 0.221 e. The van der Waals surface area contributed by atoms with E-state index in [-0.39, 0.29) is 5.91 Å². The Morgan fingerprint density at radius 3 is 3.15 bits per heavy atom. The van der Waals surface area contributed by atoms with Crippen molar-refractivity contribution in [2.45, 2.75) is 6.92 Å². The maximum atomic E-state index is 10.8. The first-order valence-electron chi connectivity index (χ1n) is 4.02.